The molecular formula is C14H15NO3. The number of aromatic nitrogens is 1. The van der Waals surface area contributed by atoms with E-state index in [9.17, 15) is 4.79 Å². The fraction of sp³-hybridized carbons (Fsp3) is 0.357. The lowest BCUT2D eigenvalue weighted by Crippen LogP contribution is -1.98. The minimum Gasteiger partial charge on any atom is -0.497 e. The molecule has 0 saturated heterocycles. The van der Waals surface area contributed by atoms with Gasteiger partial charge in [-0.15, -0.1) is 0 Å². The van der Waals surface area contributed by atoms with Crippen molar-refractivity contribution in [2.24, 2.45) is 13.0 Å². The van der Waals surface area contributed by atoms with Crippen molar-refractivity contribution in [3.05, 3.63) is 30.0 Å². The summed E-state index contributed by atoms with van der Waals surface area (Å²) in [7, 11) is 3.62. The van der Waals surface area contributed by atoms with E-state index in [-0.39, 0.29) is 11.8 Å². The molecule has 1 fully saturated rings. The SMILES string of the molecule is COc1ccc2c(c1)c(C1CC1C(=O)O)cn2C. The van der Waals surface area contributed by atoms with Crippen LogP contribution in [0.3, 0.4) is 0 Å². The lowest BCUT2D eigenvalue weighted by molar-refractivity contribution is -0.138. The van der Waals surface area contributed by atoms with Gasteiger partial charge in [0.1, 0.15) is 5.75 Å². The van der Waals surface area contributed by atoms with E-state index in [0.29, 0.717) is 0 Å². The number of hydrogen-bond acceptors (Lipinski definition) is 2. The van der Waals surface area contributed by atoms with Crippen molar-refractivity contribution in [3.63, 3.8) is 0 Å². The second-order valence-electron chi connectivity index (χ2n) is 4.87. The summed E-state index contributed by atoms with van der Waals surface area (Å²) in [5.74, 6) is 0.0440. The number of fused-ring (bicyclic) bond motifs is 1. The van der Waals surface area contributed by atoms with Gasteiger partial charge in [-0.25, -0.2) is 0 Å². The van der Waals surface area contributed by atoms with Gasteiger partial charge in [0.15, 0.2) is 0 Å². The highest BCUT2D eigenvalue weighted by Gasteiger charge is 2.45. The molecule has 3 rings (SSSR count). The minimum atomic E-state index is -0.695. The van der Waals surface area contributed by atoms with Crippen LogP contribution in [0.4, 0.5) is 0 Å². The normalized spacial score (nSPS) is 22.1. The molecule has 2 atom stereocenters. The van der Waals surface area contributed by atoms with Crippen LogP contribution in [0.2, 0.25) is 0 Å². The highest BCUT2D eigenvalue weighted by Crippen LogP contribution is 2.50. The smallest absolute Gasteiger partial charge is 0.307 e. The maximum atomic E-state index is 11.0. The Labute approximate surface area is 105 Å². The number of nitrogens with zero attached hydrogens (tertiary/aromatic N) is 1. The highest BCUT2D eigenvalue weighted by atomic mass is 16.5. The van der Waals surface area contributed by atoms with Crippen molar-refractivity contribution in [1.82, 2.24) is 4.57 Å². The predicted octanol–water partition coefficient (Wildman–Crippen LogP) is 2.38. The minimum absolute atomic E-state index is 0.151. The average Bonchev–Trinajstić information content (AvgIpc) is 3.09. The summed E-state index contributed by atoms with van der Waals surface area (Å²) in [6.07, 6.45) is 2.78. The number of ether oxygens (including phenoxy) is 1. The number of carbonyl (C=O) groups is 1. The highest BCUT2D eigenvalue weighted by molar-refractivity contribution is 5.88. The summed E-state index contributed by atoms with van der Waals surface area (Å²) in [5.41, 5.74) is 2.24. The Morgan fingerprint density at radius 1 is 1.50 bits per heavy atom. The van der Waals surface area contributed by atoms with E-state index < -0.39 is 5.97 Å². The third-order valence-electron chi connectivity index (χ3n) is 3.73. The fourth-order valence-corrected chi connectivity index (χ4v) is 2.64. The number of carboxylic acid groups (broad SMARTS) is 1. The Bertz CT molecular complexity index is 629. The molecule has 4 nitrogen and oxygen atoms in total. The Balaban J connectivity index is 2.09. The molecule has 0 spiro atoms. The topological polar surface area (TPSA) is 51.5 Å². The molecule has 94 valence electrons. The summed E-state index contributed by atoms with van der Waals surface area (Å²) in [6, 6.07) is 5.92. The molecule has 4 heteroatoms. The molecule has 1 N–H and O–H groups in total. The van der Waals surface area contributed by atoms with Crippen molar-refractivity contribution in [3.8, 4) is 5.75 Å². The number of methoxy groups -OCH3 is 1. The Morgan fingerprint density at radius 2 is 2.28 bits per heavy atom. The van der Waals surface area contributed by atoms with Gasteiger partial charge in [0.25, 0.3) is 0 Å². The van der Waals surface area contributed by atoms with Gasteiger partial charge in [-0.3, -0.25) is 4.79 Å². The molecule has 2 aromatic rings. The van der Waals surface area contributed by atoms with Crippen LogP contribution in [0.15, 0.2) is 24.4 Å². The molecule has 0 amide bonds. The van der Waals surface area contributed by atoms with Gasteiger partial charge in [0, 0.05) is 30.1 Å². The predicted molar refractivity (Wildman–Crippen MR) is 68.0 cm³/mol. The first-order valence-corrected chi connectivity index (χ1v) is 5.97. The Hall–Kier alpha value is -1.97. The second-order valence-corrected chi connectivity index (χ2v) is 4.87. The third-order valence-corrected chi connectivity index (χ3v) is 3.73. The van der Waals surface area contributed by atoms with Crippen LogP contribution in [0.1, 0.15) is 17.9 Å². The summed E-state index contributed by atoms with van der Waals surface area (Å²) in [4.78, 5) is 11.0. The van der Waals surface area contributed by atoms with E-state index in [0.717, 1.165) is 28.6 Å². The zero-order valence-electron chi connectivity index (χ0n) is 10.4. The van der Waals surface area contributed by atoms with Gasteiger partial charge in [0.05, 0.1) is 13.0 Å². The molecule has 0 radical (unpaired) electrons. The van der Waals surface area contributed by atoms with Gasteiger partial charge >= 0.3 is 5.97 Å². The zero-order chi connectivity index (χ0) is 12.9. The summed E-state index contributed by atoms with van der Waals surface area (Å²) >= 11 is 0. The average molecular weight is 245 g/mol. The lowest BCUT2D eigenvalue weighted by atomic mass is 10.1. The first kappa shape index (κ1) is 11.1. The van der Waals surface area contributed by atoms with Gasteiger partial charge in [0.2, 0.25) is 0 Å². The molecule has 1 aromatic carbocycles. The number of benzene rings is 1. The molecule has 1 saturated carbocycles. The molecule has 18 heavy (non-hydrogen) atoms. The van der Waals surface area contributed by atoms with E-state index in [1.165, 1.54) is 0 Å². The van der Waals surface area contributed by atoms with Crippen molar-refractivity contribution in [1.29, 1.82) is 0 Å². The van der Waals surface area contributed by atoms with Gasteiger partial charge in [-0.2, -0.15) is 0 Å². The number of carboxylic acids is 1. The van der Waals surface area contributed by atoms with E-state index in [1.54, 1.807) is 7.11 Å². The summed E-state index contributed by atoms with van der Waals surface area (Å²) in [6.45, 7) is 0. The lowest BCUT2D eigenvalue weighted by Gasteiger charge is -2.01. The largest absolute Gasteiger partial charge is 0.497 e. The quantitative estimate of drug-likeness (QED) is 0.903. The van der Waals surface area contributed by atoms with E-state index in [4.69, 9.17) is 9.84 Å². The number of hydrogen-bond donors (Lipinski definition) is 1. The van der Waals surface area contributed by atoms with Crippen LogP contribution in [0.25, 0.3) is 10.9 Å². The molecule has 0 aliphatic heterocycles. The van der Waals surface area contributed by atoms with E-state index in [1.807, 2.05) is 36.0 Å². The first-order valence-electron chi connectivity index (χ1n) is 5.97. The number of aliphatic carboxylic acids is 1. The monoisotopic (exact) mass is 245 g/mol. The molecule has 1 aliphatic carbocycles. The van der Waals surface area contributed by atoms with Crippen LogP contribution in [-0.4, -0.2) is 22.8 Å². The molecule has 2 unspecified atom stereocenters. The van der Waals surface area contributed by atoms with Crippen LogP contribution < -0.4 is 4.74 Å². The number of aryl methyl sites for hydroxylation is 1. The van der Waals surface area contributed by atoms with Crippen LogP contribution >= 0.6 is 0 Å². The van der Waals surface area contributed by atoms with Gasteiger partial charge in [-0.05, 0) is 30.2 Å². The van der Waals surface area contributed by atoms with Crippen molar-refractivity contribution in [2.75, 3.05) is 7.11 Å². The summed E-state index contributed by atoms with van der Waals surface area (Å²) < 4.78 is 7.28. The third kappa shape index (κ3) is 1.56. The zero-order valence-corrected chi connectivity index (χ0v) is 10.4. The van der Waals surface area contributed by atoms with Crippen molar-refractivity contribution >= 4 is 16.9 Å². The van der Waals surface area contributed by atoms with E-state index >= 15 is 0 Å². The van der Waals surface area contributed by atoms with Crippen LogP contribution in [0, 0.1) is 5.92 Å². The van der Waals surface area contributed by atoms with Crippen LogP contribution in [0.5, 0.6) is 5.75 Å². The van der Waals surface area contributed by atoms with Gasteiger partial charge < -0.3 is 14.4 Å². The van der Waals surface area contributed by atoms with Crippen molar-refractivity contribution < 1.29 is 14.6 Å². The molecule has 1 aromatic heterocycles. The molecule has 1 aliphatic rings. The Kier molecular flexibility index (Phi) is 2.33. The molecule has 1 heterocycles. The molecule has 0 bridgehead atoms. The van der Waals surface area contributed by atoms with Gasteiger partial charge in [-0.1, -0.05) is 0 Å². The number of rotatable bonds is 3. The standard InChI is InChI=1S/C14H15NO3/c1-15-7-12(9-6-11(9)14(16)17)10-5-8(18-2)3-4-13(10)15/h3-5,7,9,11H,6H2,1-2H3,(H,16,17). The fourth-order valence-electron chi connectivity index (χ4n) is 2.64. The van der Waals surface area contributed by atoms with Crippen LogP contribution in [-0.2, 0) is 11.8 Å². The first-order chi connectivity index (χ1) is 8.61. The maximum Gasteiger partial charge on any atom is 0.307 e. The second kappa shape index (κ2) is 3.77. The molecular weight excluding hydrogens is 230 g/mol. The Morgan fingerprint density at radius 3 is 2.89 bits per heavy atom. The maximum absolute atomic E-state index is 11.0. The summed E-state index contributed by atoms with van der Waals surface area (Å²) in [5, 5.41) is 10.1. The van der Waals surface area contributed by atoms with Crippen molar-refractivity contribution in [2.45, 2.75) is 12.3 Å². The van der Waals surface area contributed by atoms with E-state index in [2.05, 4.69) is 0 Å².